The summed E-state index contributed by atoms with van der Waals surface area (Å²) in [5.41, 5.74) is 1.41. The average Bonchev–Trinajstić information content (AvgIpc) is 2.33. The molecular weight excluding hydrogens is 198 g/mol. The Kier molecular flexibility index (Phi) is 5.06. The lowest BCUT2D eigenvalue weighted by Crippen LogP contribution is -2.48. The van der Waals surface area contributed by atoms with Crippen molar-refractivity contribution in [3.63, 3.8) is 0 Å². The second-order valence-electron chi connectivity index (χ2n) is 4.18. The van der Waals surface area contributed by atoms with Crippen molar-refractivity contribution in [1.82, 2.24) is 4.98 Å². The minimum Gasteiger partial charge on any atom is -0.333 e. The topological polar surface area (TPSA) is 12.0 Å². The number of nitrogens with one attached hydrogen (secondary N) is 1. The molecule has 1 rings (SSSR count). The molecule has 1 aromatic rings. The molecule has 0 aliphatic heterocycles. The fourth-order valence-electron chi connectivity index (χ4n) is 2.01. The van der Waals surface area contributed by atoms with Gasteiger partial charge in [-0.25, -0.2) is 0 Å². The first kappa shape index (κ1) is 12.5. The first-order valence-corrected chi connectivity index (χ1v) is 8.67. The Balaban J connectivity index is 2.54. The predicted molar refractivity (Wildman–Crippen MR) is 70.5 cm³/mol. The fraction of sp³-hybridized carbons (Fsp3) is 0.538. The van der Waals surface area contributed by atoms with Gasteiger partial charge in [-0.2, -0.15) is 0 Å². The van der Waals surface area contributed by atoms with Gasteiger partial charge in [0.15, 0.2) is 0 Å². The van der Waals surface area contributed by atoms with Crippen LogP contribution in [-0.2, 0) is 6.54 Å². The van der Waals surface area contributed by atoms with Gasteiger partial charge < -0.3 is 4.98 Å². The van der Waals surface area contributed by atoms with Crippen LogP contribution in [-0.4, -0.2) is 8.24 Å². The van der Waals surface area contributed by atoms with E-state index in [1.54, 1.807) is 0 Å². The summed E-state index contributed by atoms with van der Waals surface area (Å²) in [5, 5.41) is 0. The Hall–Kier alpha value is -0.603. The van der Waals surface area contributed by atoms with Crippen LogP contribution in [0, 0.1) is 0 Å². The Bertz CT molecular complexity index is 259. The quantitative estimate of drug-likeness (QED) is 0.721. The minimum atomic E-state index is -1.15. The van der Waals surface area contributed by atoms with Crippen LogP contribution in [0.3, 0.4) is 0 Å². The number of hydrogen-bond donors (Lipinski definition) is 1. The molecule has 0 saturated heterocycles. The van der Waals surface area contributed by atoms with Crippen LogP contribution in [0.1, 0.15) is 26.3 Å². The van der Waals surface area contributed by atoms with Gasteiger partial charge in [0.2, 0.25) is 0 Å². The molecule has 1 N–H and O–H groups in total. The van der Waals surface area contributed by atoms with E-state index in [0.29, 0.717) is 0 Å². The molecule has 1 aromatic carbocycles. The van der Waals surface area contributed by atoms with E-state index < -0.39 is 8.24 Å². The van der Waals surface area contributed by atoms with Crippen LogP contribution in [0.15, 0.2) is 30.3 Å². The Morgan fingerprint density at radius 3 is 1.93 bits per heavy atom. The molecule has 84 valence electrons. The first-order valence-electron chi connectivity index (χ1n) is 6.05. The highest BCUT2D eigenvalue weighted by molar-refractivity contribution is 6.77. The largest absolute Gasteiger partial charge is 0.333 e. The molecule has 0 aromatic heterocycles. The highest BCUT2D eigenvalue weighted by Crippen LogP contribution is 2.17. The van der Waals surface area contributed by atoms with Crippen molar-refractivity contribution in [2.24, 2.45) is 0 Å². The van der Waals surface area contributed by atoms with E-state index >= 15 is 0 Å². The minimum absolute atomic E-state index is 1.04. The molecule has 0 fully saturated rings. The van der Waals surface area contributed by atoms with Crippen LogP contribution < -0.4 is 4.98 Å². The van der Waals surface area contributed by atoms with E-state index in [-0.39, 0.29) is 0 Å². The Morgan fingerprint density at radius 1 is 0.933 bits per heavy atom. The van der Waals surface area contributed by atoms with Crippen molar-refractivity contribution >= 4 is 8.24 Å². The average molecular weight is 221 g/mol. The maximum atomic E-state index is 3.84. The summed E-state index contributed by atoms with van der Waals surface area (Å²) in [6.07, 6.45) is 0. The van der Waals surface area contributed by atoms with Gasteiger partial charge in [-0.05, 0) is 23.7 Å². The van der Waals surface area contributed by atoms with Crippen molar-refractivity contribution < 1.29 is 0 Å². The predicted octanol–water partition coefficient (Wildman–Crippen LogP) is 3.78. The molecule has 0 aliphatic carbocycles. The number of rotatable bonds is 6. The summed E-state index contributed by atoms with van der Waals surface area (Å²) in [4.78, 5) is 3.84. The molecule has 0 saturated carbocycles. The molecule has 0 unspecified atom stereocenters. The normalized spacial score (nSPS) is 11.7. The van der Waals surface area contributed by atoms with Crippen LogP contribution in [0.2, 0.25) is 18.1 Å². The molecule has 0 spiro atoms. The van der Waals surface area contributed by atoms with Crippen LogP contribution in [0.5, 0.6) is 0 Å². The molecular formula is C13H23NSi. The molecule has 15 heavy (non-hydrogen) atoms. The molecule has 2 heteroatoms. The SMILES string of the molecule is CC[Si](CC)(CC)NCc1ccccc1. The highest BCUT2D eigenvalue weighted by atomic mass is 28.3. The molecule has 0 aliphatic rings. The van der Waals surface area contributed by atoms with Gasteiger partial charge in [0.1, 0.15) is 8.24 Å². The number of hydrogen-bond acceptors (Lipinski definition) is 1. The van der Waals surface area contributed by atoms with Gasteiger partial charge in [0.05, 0.1) is 0 Å². The molecule has 0 atom stereocenters. The summed E-state index contributed by atoms with van der Waals surface area (Å²) >= 11 is 0. The van der Waals surface area contributed by atoms with E-state index in [4.69, 9.17) is 0 Å². The van der Waals surface area contributed by atoms with E-state index in [0.717, 1.165) is 6.54 Å². The molecule has 1 nitrogen and oxygen atoms in total. The third kappa shape index (κ3) is 3.47. The maximum Gasteiger partial charge on any atom is 0.125 e. The monoisotopic (exact) mass is 221 g/mol. The molecule has 0 radical (unpaired) electrons. The summed E-state index contributed by atoms with van der Waals surface area (Å²) in [7, 11) is -1.15. The second-order valence-corrected chi connectivity index (χ2v) is 9.22. The number of benzene rings is 1. The van der Waals surface area contributed by atoms with Gasteiger partial charge in [-0.1, -0.05) is 51.1 Å². The summed E-state index contributed by atoms with van der Waals surface area (Å²) in [5.74, 6) is 0. The summed E-state index contributed by atoms with van der Waals surface area (Å²) in [6.45, 7) is 8.04. The lowest BCUT2D eigenvalue weighted by Gasteiger charge is -2.29. The summed E-state index contributed by atoms with van der Waals surface area (Å²) < 4.78 is 0. The van der Waals surface area contributed by atoms with E-state index in [2.05, 4.69) is 56.1 Å². The van der Waals surface area contributed by atoms with Gasteiger partial charge >= 0.3 is 0 Å². The van der Waals surface area contributed by atoms with Gasteiger partial charge in [0.25, 0.3) is 0 Å². The first-order chi connectivity index (χ1) is 7.26. The van der Waals surface area contributed by atoms with Gasteiger partial charge in [0, 0.05) is 6.54 Å². The van der Waals surface area contributed by atoms with E-state index in [1.807, 2.05) is 0 Å². The van der Waals surface area contributed by atoms with Crippen molar-refractivity contribution in [3.8, 4) is 0 Å². The standard InChI is InChI=1S/C13H23NSi/c1-4-15(5-2,6-3)14-12-13-10-8-7-9-11-13/h7-11,14H,4-6,12H2,1-3H3. The van der Waals surface area contributed by atoms with Crippen LogP contribution in [0.4, 0.5) is 0 Å². The van der Waals surface area contributed by atoms with Gasteiger partial charge in [-0.15, -0.1) is 0 Å². The third-order valence-corrected chi connectivity index (χ3v) is 8.53. The fourth-order valence-corrected chi connectivity index (χ4v) is 4.84. The van der Waals surface area contributed by atoms with E-state index in [1.165, 1.54) is 23.7 Å². The lowest BCUT2D eigenvalue weighted by atomic mass is 10.2. The Labute approximate surface area is 95.0 Å². The zero-order valence-electron chi connectivity index (χ0n) is 10.2. The van der Waals surface area contributed by atoms with Gasteiger partial charge in [-0.3, -0.25) is 0 Å². The highest BCUT2D eigenvalue weighted by Gasteiger charge is 2.25. The molecule has 0 amide bonds. The van der Waals surface area contributed by atoms with E-state index in [9.17, 15) is 0 Å². The second kappa shape index (κ2) is 6.08. The molecule has 0 heterocycles. The van der Waals surface area contributed by atoms with Crippen molar-refractivity contribution in [3.05, 3.63) is 35.9 Å². The maximum absolute atomic E-state index is 3.84. The summed E-state index contributed by atoms with van der Waals surface area (Å²) in [6, 6.07) is 14.7. The zero-order valence-corrected chi connectivity index (χ0v) is 11.2. The van der Waals surface area contributed by atoms with Crippen molar-refractivity contribution in [2.45, 2.75) is 45.4 Å². The van der Waals surface area contributed by atoms with Crippen molar-refractivity contribution in [1.29, 1.82) is 0 Å². The zero-order chi connectivity index (χ0) is 11.1. The Morgan fingerprint density at radius 2 is 1.47 bits per heavy atom. The third-order valence-electron chi connectivity index (χ3n) is 3.54. The molecule has 0 bridgehead atoms. The van der Waals surface area contributed by atoms with Crippen LogP contribution >= 0.6 is 0 Å². The smallest absolute Gasteiger partial charge is 0.125 e. The van der Waals surface area contributed by atoms with Crippen LogP contribution in [0.25, 0.3) is 0 Å². The van der Waals surface area contributed by atoms with Crippen molar-refractivity contribution in [2.75, 3.05) is 0 Å². The lowest BCUT2D eigenvalue weighted by molar-refractivity contribution is 0.869.